The number of hydrogen-bond acceptors (Lipinski definition) is 7. The van der Waals surface area contributed by atoms with Crippen molar-refractivity contribution in [2.45, 2.75) is 19.4 Å². The van der Waals surface area contributed by atoms with E-state index in [9.17, 15) is 0 Å². The molecule has 0 saturated carbocycles. The van der Waals surface area contributed by atoms with E-state index in [1.807, 2.05) is 0 Å². The van der Waals surface area contributed by atoms with Crippen LogP contribution in [0.25, 0.3) is 0 Å². The lowest BCUT2D eigenvalue weighted by Crippen LogP contribution is -2.50. The van der Waals surface area contributed by atoms with Gasteiger partial charge in [0.2, 0.25) is 5.95 Å². The van der Waals surface area contributed by atoms with E-state index >= 15 is 0 Å². The molecule has 3 rings (SSSR count). The van der Waals surface area contributed by atoms with Gasteiger partial charge >= 0.3 is 6.01 Å². The van der Waals surface area contributed by atoms with Gasteiger partial charge < -0.3 is 15.4 Å². The van der Waals surface area contributed by atoms with Crippen molar-refractivity contribution in [1.29, 1.82) is 0 Å². The first-order valence-corrected chi connectivity index (χ1v) is 8.24. The zero-order valence-corrected chi connectivity index (χ0v) is 14.2. The van der Waals surface area contributed by atoms with Gasteiger partial charge in [0.25, 0.3) is 0 Å². The fourth-order valence-corrected chi connectivity index (χ4v) is 3.05. The fraction of sp³-hybridized carbons (Fsp3) is 0.471. The molecular formula is C17H24N6O. The molecule has 0 radical (unpaired) electrons. The summed E-state index contributed by atoms with van der Waals surface area (Å²) in [5, 5.41) is 0. The Kier molecular flexibility index (Phi) is 5.10. The molecule has 0 bridgehead atoms. The molecule has 1 aliphatic heterocycles. The van der Waals surface area contributed by atoms with Gasteiger partial charge in [0, 0.05) is 44.3 Å². The molecule has 2 N–H and O–H groups in total. The first-order valence-electron chi connectivity index (χ1n) is 8.24. The summed E-state index contributed by atoms with van der Waals surface area (Å²) >= 11 is 0. The largest absolute Gasteiger partial charge is 0.467 e. The molecule has 1 atom stereocenters. The number of hydrogen-bond donors (Lipinski definition) is 1. The molecule has 7 heteroatoms. The van der Waals surface area contributed by atoms with E-state index in [4.69, 9.17) is 10.5 Å². The zero-order valence-electron chi connectivity index (χ0n) is 14.2. The van der Waals surface area contributed by atoms with Crippen LogP contribution in [-0.2, 0) is 6.42 Å². The molecule has 1 unspecified atom stereocenters. The lowest BCUT2D eigenvalue weighted by atomic mass is 10.1. The van der Waals surface area contributed by atoms with Gasteiger partial charge in [0.1, 0.15) is 5.82 Å². The standard InChI is InChI=1S/C17H24N6O/c1-13(12-15-19-16(18)21-17(20-15)24-2)22-8-10-23(11-9-22)14-6-4-3-5-7-14/h3-7,13H,8-12H2,1-2H3,(H2,18,19,20,21). The summed E-state index contributed by atoms with van der Waals surface area (Å²) in [5.74, 6) is 0.885. The third-order valence-electron chi connectivity index (χ3n) is 4.40. The number of rotatable bonds is 5. The predicted molar refractivity (Wildman–Crippen MR) is 94.2 cm³/mol. The van der Waals surface area contributed by atoms with E-state index in [1.54, 1.807) is 0 Å². The van der Waals surface area contributed by atoms with E-state index in [2.05, 4.69) is 62.0 Å². The fourth-order valence-electron chi connectivity index (χ4n) is 3.05. The lowest BCUT2D eigenvalue weighted by molar-refractivity contribution is 0.194. The van der Waals surface area contributed by atoms with Crippen molar-refractivity contribution < 1.29 is 4.74 Å². The highest BCUT2D eigenvalue weighted by Crippen LogP contribution is 2.17. The van der Waals surface area contributed by atoms with Crippen LogP contribution in [-0.4, -0.2) is 59.2 Å². The summed E-state index contributed by atoms with van der Waals surface area (Å²) < 4.78 is 5.06. The van der Waals surface area contributed by atoms with Gasteiger partial charge in [0.05, 0.1) is 7.11 Å². The highest BCUT2D eigenvalue weighted by atomic mass is 16.5. The number of nitrogens with zero attached hydrogens (tertiary/aromatic N) is 5. The van der Waals surface area contributed by atoms with Crippen molar-refractivity contribution in [3.63, 3.8) is 0 Å². The average Bonchev–Trinajstić information content (AvgIpc) is 2.62. The van der Waals surface area contributed by atoms with Gasteiger partial charge in [-0.25, -0.2) is 0 Å². The molecule has 128 valence electrons. The van der Waals surface area contributed by atoms with Crippen molar-refractivity contribution >= 4 is 11.6 Å². The van der Waals surface area contributed by atoms with E-state index in [-0.39, 0.29) is 12.0 Å². The molecule has 2 heterocycles. The van der Waals surface area contributed by atoms with Gasteiger partial charge in [-0.1, -0.05) is 18.2 Å². The second-order valence-electron chi connectivity index (χ2n) is 6.01. The van der Waals surface area contributed by atoms with Crippen molar-refractivity contribution in [1.82, 2.24) is 19.9 Å². The van der Waals surface area contributed by atoms with Crippen molar-refractivity contribution in [2.24, 2.45) is 0 Å². The van der Waals surface area contributed by atoms with Crippen LogP contribution in [0.3, 0.4) is 0 Å². The highest BCUT2D eigenvalue weighted by Gasteiger charge is 2.22. The molecule has 24 heavy (non-hydrogen) atoms. The third-order valence-corrected chi connectivity index (χ3v) is 4.40. The number of anilines is 2. The molecule has 1 fully saturated rings. The Morgan fingerprint density at radius 3 is 2.46 bits per heavy atom. The van der Waals surface area contributed by atoms with Crippen molar-refractivity contribution in [3.05, 3.63) is 36.2 Å². The van der Waals surface area contributed by atoms with Gasteiger partial charge in [-0.3, -0.25) is 4.90 Å². The molecule has 1 aromatic carbocycles. The predicted octanol–water partition coefficient (Wildman–Crippen LogP) is 1.22. The molecular weight excluding hydrogens is 304 g/mol. The SMILES string of the molecule is COc1nc(N)nc(CC(C)N2CCN(c3ccccc3)CC2)n1. The van der Waals surface area contributed by atoms with E-state index < -0.39 is 0 Å². The summed E-state index contributed by atoms with van der Waals surface area (Å²) in [6.07, 6.45) is 0.731. The van der Waals surface area contributed by atoms with Crippen LogP contribution in [0.2, 0.25) is 0 Å². The molecule has 0 spiro atoms. The van der Waals surface area contributed by atoms with Gasteiger partial charge in [-0.2, -0.15) is 15.0 Å². The molecule has 1 saturated heterocycles. The molecule has 7 nitrogen and oxygen atoms in total. The maximum atomic E-state index is 5.71. The number of aromatic nitrogens is 3. The summed E-state index contributed by atoms with van der Waals surface area (Å²) in [7, 11) is 1.53. The van der Waals surface area contributed by atoms with Crippen LogP contribution in [0.5, 0.6) is 6.01 Å². The summed E-state index contributed by atoms with van der Waals surface area (Å²) in [6.45, 7) is 6.29. The minimum absolute atomic E-state index is 0.206. The number of benzene rings is 1. The van der Waals surface area contributed by atoms with Crippen LogP contribution in [0.1, 0.15) is 12.7 Å². The zero-order chi connectivity index (χ0) is 16.9. The number of piperazine rings is 1. The van der Waals surface area contributed by atoms with Crippen LogP contribution in [0.4, 0.5) is 11.6 Å². The molecule has 0 amide bonds. The summed E-state index contributed by atoms with van der Waals surface area (Å²) in [5.41, 5.74) is 7.00. The minimum Gasteiger partial charge on any atom is -0.467 e. The number of methoxy groups -OCH3 is 1. The Balaban J connectivity index is 1.57. The number of nitrogens with two attached hydrogens (primary N) is 1. The molecule has 0 aliphatic carbocycles. The van der Waals surface area contributed by atoms with Crippen LogP contribution < -0.4 is 15.4 Å². The lowest BCUT2D eigenvalue weighted by Gasteiger charge is -2.39. The smallest absolute Gasteiger partial charge is 0.321 e. The average molecular weight is 328 g/mol. The van der Waals surface area contributed by atoms with Crippen molar-refractivity contribution in [3.8, 4) is 6.01 Å². The van der Waals surface area contributed by atoms with Gasteiger partial charge in [-0.15, -0.1) is 0 Å². The number of nitrogen functional groups attached to an aromatic ring is 1. The maximum absolute atomic E-state index is 5.71. The Bertz CT molecular complexity index is 657. The first kappa shape index (κ1) is 16.4. The Morgan fingerprint density at radius 1 is 1.08 bits per heavy atom. The van der Waals surface area contributed by atoms with E-state index in [0.717, 1.165) is 32.6 Å². The number of para-hydroxylation sites is 1. The first-order chi connectivity index (χ1) is 11.7. The molecule has 1 aliphatic rings. The second kappa shape index (κ2) is 7.44. The molecule has 1 aromatic heterocycles. The Morgan fingerprint density at radius 2 is 1.79 bits per heavy atom. The molecule has 2 aromatic rings. The third kappa shape index (κ3) is 3.91. The van der Waals surface area contributed by atoms with Crippen LogP contribution >= 0.6 is 0 Å². The monoisotopic (exact) mass is 328 g/mol. The minimum atomic E-state index is 0.206. The Hall–Kier alpha value is -2.41. The highest BCUT2D eigenvalue weighted by molar-refractivity contribution is 5.46. The van der Waals surface area contributed by atoms with Gasteiger partial charge in [0.15, 0.2) is 0 Å². The van der Waals surface area contributed by atoms with Crippen LogP contribution in [0.15, 0.2) is 30.3 Å². The second-order valence-corrected chi connectivity index (χ2v) is 6.01. The normalized spacial score (nSPS) is 16.8. The van der Waals surface area contributed by atoms with Crippen LogP contribution in [0, 0.1) is 0 Å². The summed E-state index contributed by atoms with van der Waals surface area (Å²) in [4.78, 5) is 17.3. The topological polar surface area (TPSA) is 80.4 Å². The van der Waals surface area contributed by atoms with E-state index in [0.29, 0.717) is 11.9 Å². The quantitative estimate of drug-likeness (QED) is 0.883. The Labute approximate surface area is 142 Å². The van der Waals surface area contributed by atoms with Gasteiger partial charge in [-0.05, 0) is 19.1 Å². The number of ether oxygens (including phenoxy) is 1. The van der Waals surface area contributed by atoms with Crippen molar-refractivity contribution in [2.75, 3.05) is 43.9 Å². The summed E-state index contributed by atoms with van der Waals surface area (Å²) in [6, 6.07) is 11.2. The van der Waals surface area contributed by atoms with E-state index in [1.165, 1.54) is 12.8 Å². The maximum Gasteiger partial charge on any atom is 0.321 e.